The minimum Gasteiger partial charge on any atom is -0.312 e. The molecule has 2 aliphatic rings. The molecule has 3 atom stereocenters. The molecule has 1 heterocycles. The van der Waals surface area contributed by atoms with Gasteiger partial charge < -0.3 is 5.32 Å². The van der Waals surface area contributed by atoms with Gasteiger partial charge in [0.05, 0.1) is 5.01 Å². The molecule has 3 rings (SSSR count). The van der Waals surface area contributed by atoms with E-state index in [2.05, 4.69) is 36.5 Å². The molecule has 0 spiro atoms. The molecule has 2 fully saturated rings. The molecule has 0 radical (unpaired) electrons. The standard InChI is InChI=1S/C15H24N2S/c1-14(2)11-4-6-15(3,10-11)13(14)17-7-5-12-16-8-9-18-12/h8-9,11,13,17H,4-7,10H2,1-3H3/t11-,13?,15+/m0/s1. The van der Waals surface area contributed by atoms with Crippen LogP contribution in [0.3, 0.4) is 0 Å². The van der Waals surface area contributed by atoms with Crippen molar-refractivity contribution >= 4 is 11.3 Å². The van der Waals surface area contributed by atoms with Crippen molar-refractivity contribution in [2.45, 2.75) is 52.5 Å². The minimum atomic E-state index is 0.468. The average Bonchev–Trinajstić information content (AvgIpc) is 2.96. The van der Waals surface area contributed by atoms with Crippen LogP contribution in [-0.4, -0.2) is 17.6 Å². The Balaban J connectivity index is 1.62. The molecule has 0 aromatic carbocycles. The molecule has 100 valence electrons. The number of rotatable bonds is 4. The molecule has 2 nitrogen and oxygen atoms in total. The molecule has 1 unspecified atom stereocenters. The van der Waals surface area contributed by atoms with Crippen molar-refractivity contribution in [1.29, 1.82) is 0 Å². The van der Waals surface area contributed by atoms with Gasteiger partial charge in [0.2, 0.25) is 0 Å². The third-order valence-corrected chi connectivity index (χ3v) is 6.28. The Morgan fingerprint density at radius 1 is 1.44 bits per heavy atom. The monoisotopic (exact) mass is 264 g/mol. The second kappa shape index (κ2) is 4.31. The van der Waals surface area contributed by atoms with Gasteiger partial charge in [-0.25, -0.2) is 4.98 Å². The fourth-order valence-electron chi connectivity index (χ4n) is 4.51. The zero-order chi connectivity index (χ0) is 12.8. The molecule has 0 aliphatic heterocycles. The first kappa shape index (κ1) is 12.6. The van der Waals surface area contributed by atoms with Crippen LogP contribution in [0.5, 0.6) is 0 Å². The molecule has 1 N–H and O–H groups in total. The zero-order valence-electron chi connectivity index (χ0n) is 11.7. The summed E-state index contributed by atoms with van der Waals surface area (Å²) in [7, 11) is 0. The van der Waals surface area contributed by atoms with E-state index < -0.39 is 0 Å². The highest BCUT2D eigenvalue weighted by molar-refractivity contribution is 7.09. The number of fused-ring (bicyclic) bond motifs is 2. The van der Waals surface area contributed by atoms with Gasteiger partial charge in [-0.05, 0) is 36.0 Å². The van der Waals surface area contributed by atoms with E-state index in [1.807, 2.05) is 6.20 Å². The normalized spacial score (nSPS) is 37.3. The summed E-state index contributed by atoms with van der Waals surface area (Å²) in [6.07, 6.45) is 7.26. The van der Waals surface area contributed by atoms with E-state index in [9.17, 15) is 0 Å². The van der Waals surface area contributed by atoms with Gasteiger partial charge >= 0.3 is 0 Å². The van der Waals surface area contributed by atoms with E-state index in [0.717, 1.165) is 18.9 Å². The third kappa shape index (κ3) is 1.92. The highest BCUT2D eigenvalue weighted by atomic mass is 32.1. The van der Waals surface area contributed by atoms with Gasteiger partial charge in [-0.3, -0.25) is 0 Å². The van der Waals surface area contributed by atoms with Gasteiger partial charge in [-0.15, -0.1) is 11.3 Å². The van der Waals surface area contributed by atoms with Crippen LogP contribution in [0, 0.1) is 16.7 Å². The first-order valence-corrected chi connectivity index (χ1v) is 8.02. The Morgan fingerprint density at radius 2 is 2.28 bits per heavy atom. The van der Waals surface area contributed by atoms with Crippen LogP contribution in [0.4, 0.5) is 0 Å². The second-order valence-electron chi connectivity index (χ2n) is 6.98. The minimum absolute atomic E-state index is 0.468. The lowest BCUT2D eigenvalue weighted by molar-refractivity contribution is 0.110. The maximum absolute atomic E-state index is 4.36. The smallest absolute Gasteiger partial charge is 0.0937 e. The van der Waals surface area contributed by atoms with Crippen molar-refractivity contribution < 1.29 is 0 Å². The zero-order valence-corrected chi connectivity index (χ0v) is 12.5. The molecular formula is C15H24N2S. The van der Waals surface area contributed by atoms with E-state index in [-0.39, 0.29) is 0 Å². The molecule has 1 aromatic heterocycles. The Morgan fingerprint density at radius 3 is 2.89 bits per heavy atom. The molecule has 2 saturated carbocycles. The molecule has 0 amide bonds. The molecular weight excluding hydrogens is 240 g/mol. The van der Waals surface area contributed by atoms with Gasteiger partial charge in [0.15, 0.2) is 0 Å². The SMILES string of the molecule is CC1(C)C(NCCc2nccs2)[C@]2(C)CC[C@H]1C2. The van der Waals surface area contributed by atoms with E-state index in [1.165, 1.54) is 24.3 Å². The fraction of sp³-hybridized carbons (Fsp3) is 0.800. The maximum atomic E-state index is 4.36. The van der Waals surface area contributed by atoms with Crippen LogP contribution in [0.25, 0.3) is 0 Å². The van der Waals surface area contributed by atoms with Crippen LogP contribution in [0.2, 0.25) is 0 Å². The van der Waals surface area contributed by atoms with Crippen LogP contribution in [-0.2, 0) is 6.42 Å². The lowest BCUT2D eigenvalue weighted by Gasteiger charge is -2.43. The first-order chi connectivity index (χ1) is 8.52. The Kier molecular flexibility index (Phi) is 3.02. The summed E-state index contributed by atoms with van der Waals surface area (Å²) in [6, 6.07) is 0.684. The van der Waals surface area contributed by atoms with Gasteiger partial charge in [-0.1, -0.05) is 20.8 Å². The number of hydrogen-bond acceptors (Lipinski definition) is 3. The van der Waals surface area contributed by atoms with Crippen molar-refractivity contribution in [3.05, 3.63) is 16.6 Å². The predicted octanol–water partition coefficient (Wildman–Crippen LogP) is 3.49. The van der Waals surface area contributed by atoms with Crippen molar-refractivity contribution in [3.63, 3.8) is 0 Å². The molecule has 2 bridgehead atoms. The molecule has 18 heavy (non-hydrogen) atoms. The highest BCUT2D eigenvalue weighted by Crippen LogP contribution is 2.62. The van der Waals surface area contributed by atoms with Crippen molar-refractivity contribution in [2.24, 2.45) is 16.7 Å². The predicted molar refractivity (Wildman–Crippen MR) is 76.8 cm³/mol. The topological polar surface area (TPSA) is 24.9 Å². The number of nitrogens with zero attached hydrogens (tertiary/aromatic N) is 1. The summed E-state index contributed by atoms with van der Waals surface area (Å²) in [4.78, 5) is 4.36. The molecule has 2 aliphatic carbocycles. The Bertz CT molecular complexity index is 407. The van der Waals surface area contributed by atoms with Crippen LogP contribution in [0.1, 0.15) is 45.0 Å². The largest absolute Gasteiger partial charge is 0.312 e. The quantitative estimate of drug-likeness (QED) is 0.900. The van der Waals surface area contributed by atoms with Gasteiger partial charge in [0.25, 0.3) is 0 Å². The first-order valence-electron chi connectivity index (χ1n) is 7.14. The average molecular weight is 264 g/mol. The number of aromatic nitrogens is 1. The van der Waals surface area contributed by atoms with Gasteiger partial charge in [-0.2, -0.15) is 0 Å². The van der Waals surface area contributed by atoms with Crippen molar-refractivity contribution in [2.75, 3.05) is 6.54 Å². The highest BCUT2D eigenvalue weighted by Gasteiger charge is 2.58. The van der Waals surface area contributed by atoms with E-state index >= 15 is 0 Å². The summed E-state index contributed by atoms with van der Waals surface area (Å²) < 4.78 is 0. The number of nitrogens with one attached hydrogen (secondary N) is 1. The Hall–Kier alpha value is -0.410. The summed E-state index contributed by atoms with van der Waals surface area (Å²) >= 11 is 1.77. The summed E-state index contributed by atoms with van der Waals surface area (Å²) in [6.45, 7) is 8.49. The lowest BCUT2D eigenvalue weighted by atomic mass is 9.68. The van der Waals surface area contributed by atoms with E-state index in [1.54, 1.807) is 11.3 Å². The van der Waals surface area contributed by atoms with Gasteiger partial charge in [0, 0.05) is 30.6 Å². The second-order valence-corrected chi connectivity index (χ2v) is 7.96. The maximum Gasteiger partial charge on any atom is 0.0937 e. The van der Waals surface area contributed by atoms with Crippen molar-refractivity contribution in [1.82, 2.24) is 10.3 Å². The number of thiazole rings is 1. The van der Waals surface area contributed by atoms with Crippen LogP contribution >= 0.6 is 11.3 Å². The van der Waals surface area contributed by atoms with Crippen LogP contribution in [0.15, 0.2) is 11.6 Å². The van der Waals surface area contributed by atoms with Crippen LogP contribution < -0.4 is 5.32 Å². The summed E-state index contributed by atoms with van der Waals surface area (Å²) in [5.41, 5.74) is 1.01. The van der Waals surface area contributed by atoms with E-state index in [0.29, 0.717) is 16.9 Å². The third-order valence-electron chi connectivity index (χ3n) is 5.44. The van der Waals surface area contributed by atoms with E-state index in [4.69, 9.17) is 0 Å². The summed E-state index contributed by atoms with van der Waals surface area (Å²) in [5.74, 6) is 0.930. The molecule has 3 heteroatoms. The Labute approximate surface area is 114 Å². The van der Waals surface area contributed by atoms with Gasteiger partial charge in [0.1, 0.15) is 0 Å². The summed E-state index contributed by atoms with van der Waals surface area (Å²) in [5, 5.41) is 7.17. The number of hydrogen-bond donors (Lipinski definition) is 1. The fourth-order valence-corrected chi connectivity index (χ4v) is 5.13. The molecule has 0 saturated heterocycles. The van der Waals surface area contributed by atoms with Crippen molar-refractivity contribution in [3.8, 4) is 0 Å². The molecule has 1 aromatic rings. The lowest BCUT2D eigenvalue weighted by Crippen LogP contribution is -2.50.